The molecule has 9 aromatic heterocycles. The monoisotopic (exact) mass is 1820 g/mol. The van der Waals surface area contributed by atoms with Crippen molar-refractivity contribution in [2.75, 3.05) is 198 Å². The third kappa shape index (κ3) is 22.5. The standard InChI is InChI=1S/C29H37N9O4S.C24H28ClN7O3S.C19H17Cl2N5O3S.C5H10N2O.C5H12N2/c1-35-8-10-36(11-9-35)15-19-14-20-27(33-29(34-28(20)43-19)38-7-5-6-21(38)26(30)39)32-24-16-37(17-31-24)18-12-22(40-2)25(42-4)23(13-18)41-3;1-30-5-7-31(8-6-30)12-16-11-17-22(28-24(25)29-23(17)36-16)27-20-13-32(14-26-20)15-9-18(33-2)21(35-4)19(10-15)34-3;1-27-13-4-10(5-14(28-2)16(13)29-3)26-8-15(22-9-26)23-17-12-6-11(7-20)30-18(12)25-19(21)24-17;6-5(8)4-2-1-3-7-4;1-7-4-2-6-3-5-7/h12-14,16-17,21H,5-11,15H2,1-4H3,(H2,30,39)(H,32,33,34);9-11,13-14H,5-8,12H2,1-4H3,(H,27,28,29);4-6,8-9H,7H2,1-3H3,(H,23,24,25);4,7H,1-3H2,(H2,6,8);6H,2-5H2,1H3/t21-;;;4-;/m0..0./s1. The first kappa shape index (κ1) is 91.0. The molecular weight excluding hydrogens is 1710 g/mol. The second-order valence-corrected chi connectivity index (χ2v) is 33.8. The topological polar surface area (TPSA) is 380 Å². The highest BCUT2D eigenvalue weighted by molar-refractivity contribution is 7.19. The third-order valence-corrected chi connectivity index (χ3v) is 25.1. The number of hydrogen-bond acceptors (Lipinski definition) is 34. The number of hydrogen-bond donors (Lipinski definition) is 7. The van der Waals surface area contributed by atoms with E-state index in [2.05, 4.69) is 119 Å². The van der Waals surface area contributed by atoms with E-state index in [1.54, 1.807) is 106 Å². The SMILES string of the molecule is CN1CCNCC1.COc1cc(-n2cnc(Nc3nc(Cl)nc4sc(CCl)cc34)c2)cc(OC)c1OC.COc1cc(-n2cnc(Nc3nc(Cl)nc4sc(CN5CCN(C)CC5)cc34)c2)cc(OC)c1OC.COc1cc(-n2cnc(Nc3nc(N4CCC[C@H]4C(N)=O)nc4sc(CN5CCN(C)CC5)cc34)c2)cc(OC)c1OC.NC(=O)[C@@H]1CCCN1. The number of thiophene rings is 3. The molecule has 0 unspecified atom stereocenters. The van der Waals surface area contributed by atoms with E-state index in [0.717, 1.165) is 157 Å². The number of amides is 2. The summed E-state index contributed by atoms with van der Waals surface area (Å²) in [5, 5.41) is 19.2. The number of carbonyl (C=O) groups is 2. The highest BCUT2D eigenvalue weighted by Gasteiger charge is 2.33. The van der Waals surface area contributed by atoms with Crippen LogP contribution in [0.3, 0.4) is 0 Å². The van der Waals surface area contributed by atoms with Crippen LogP contribution in [-0.2, 0) is 28.6 Å². The molecule has 5 fully saturated rings. The Hall–Kier alpha value is -10.7. The van der Waals surface area contributed by atoms with Gasteiger partial charge in [-0.25, -0.2) is 29.9 Å². The summed E-state index contributed by atoms with van der Waals surface area (Å²) in [7, 11) is 20.7. The van der Waals surface area contributed by atoms with Gasteiger partial charge in [0.05, 0.1) is 128 Å². The molecule has 3 aromatic carbocycles. The van der Waals surface area contributed by atoms with Crippen LogP contribution in [0.2, 0.25) is 10.6 Å². The molecule has 5 saturated heterocycles. The summed E-state index contributed by atoms with van der Waals surface area (Å²) in [5.41, 5.74) is 13.1. The molecule has 0 spiro atoms. The highest BCUT2D eigenvalue weighted by atomic mass is 35.5. The van der Waals surface area contributed by atoms with E-state index in [1.165, 1.54) is 34.2 Å². The first-order valence-corrected chi connectivity index (χ1v) is 43.8. The minimum absolute atomic E-state index is 0.0463. The fourth-order valence-electron chi connectivity index (χ4n) is 14.5. The van der Waals surface area contributed by atoms with Crippen molar-refractivity contribution in [2.45, 2.75) is 56.7 Å². The molecule has 2 atom stereocenters. The molecule has 5 aliphatic heterocycles. The van der Waals surface area contributed by atoms with Crippen LogP contribution in [0.5, 0.6) is 51.7 Å². The predicted molar refractivity (Wildman–Crippen MR) is 487 cm³/mol. The molecule has 36 nitrogen and oxygen atoms in total. The summed E-state index contributed by atoms with van der Waals surface area (Å²) in [6, 6.07) is 16.9. The van der Waals surface area contributed by atoms with Crippen molar-refractivity contribution in [2.24, 2.45) is 11.5 Å². The number of nitrogens with one attached hydrogen (secondary N) is 5. The molecule has 124 heavy (non-hydrogen) atoms. The summed E-state index contributed by atoms with van der Waals surface area (Å²) >= 11 is 23.1. The third-order valence-electron chi connectivity index (χ3n) is 21.3. The van der Waals surface area contributed by atoms with Crippen LogP contribution in [0.25, 0.3) is 47.7 Å². The highest BCUT2D eigenvalue weighted by Crippen LogP contribution is 2.44. The Balaban J connectivity index is 0.000000148. The smallest absolute Gasteiger partial charge is 0.240 e. The maximum absolute atomic E-state index is 12.2. The lowest BCUT2D eigenvalue weighted by Crippen LogP contribution is -2.43. The lowest BCUT2D eigenvalue weighted by Gasteiger charge is -2.31. The molecule has 9 N–H and O–H groups in total. The van der Waals surface area contributed by atoms with Crippen LogP contribution in [0.4, 0.5) is 40.9 Å². The molecule has 17 rings (SSSR count). The van der Waals surface area contributed by atoms with Gasteiger partial charge in [0.2, 0.25) is 45.6 Å². The van der Waals surface area contributed by atoms with Crippen LogP contribution in [-0.4, -0.2) is 284 Å². The zero-order valence-electron chi connectivity index (χ0n) is 71.2. The van der Waals surface area contributed by atoms with Gasteiger partial charge in [-0.1, -0.05) is 0 Å². The van der Waals surface area contributed by atoms with Gasteiger partial charge in [-0.15, -0.1) is 45.6 Å². The van der Waals surface area contributed by atoms with Crippen LogP contribution in [0, 0.1) is 0 Å². The van der Waals surface area contributed by atoms with Crippen molar-refractivity contribution < 1.29 is 52.2 Å². The van der Waals surface area contributed by atoms with Crippen molar-refractivity contribution in [3.63, 3.8) is 0 Å². The molecule has 5 aliphatic rings. The van der Waals surface area contributed by atoms with Crippen LogP contribution >= 0.6 is 68.8 Å². The second kappa shape index (κ2) is 42.8. The number of likely N-dealkylation sites (N-methyl/N-ethyl adjacent to an activating group) is 3. The number of methoxy groups -OCH3 is 9. The minimum Gasteiger partial charge on any atom is -0.493 e. The van der Waals surface area contributed by atoms with Crippen molar-refractivity contribution in [1.82, 2.24) is 93.7 Å². The van der Waals surface area contributed by atoms with Crippen LogP contribution in [0.1, 0.15) is 40.3 Å². The van der Waals surface area contributed by atoms with E-state index in [9.17, 15) is 9.59 Å². The minimum atomic E-state index is -0.422. The van der Waals surface area contributed by atoms with Gasteiger partial charge in [0.15, 0.2) is 34.5 Å². The number of alkyl halides is 1. The molecule has 0 radical (unpaired) electrons. The molecule has 2 amide bonds. The largest absolute Gasteiger partial charge is 0.493 e. The number of carbonyl (C=O) groups excluding carboxylic acids is 2. The maximum Gasteiger partial charge on any atom is 0.240 e. The molecular formula is C82H104Cl3N25O11S3. The molecule has 42 heteroatoms. The number of nitrogens with zero attached hydrogens (tertiary/aromatic N) is 18. The van der Waals surface area contributed by atoms with E-state index in [0.29, 0.717) is 111 Å². The number of imidazole rings is 3. The summed E-state index contributed by atoms with van der Waals surface area (Å²) in [5.74, 6) is 8.80. The second-order valence-electron chi connectivity index (χ2n) is 29.5. The van der Waals surface area contributed by atoms with Crippen molar-refractivity contribution in [3.05, 3.63) is 117 Å². The molecule has 0 aliphatic carbocycles. The summed E-state index contributed by atoms with van der Waals surface area (Å²) in [4.78, 5) is 83.2. The number of primary amides is 2. The number of anilines is 7. The fraction of sp³-hybridized carbons (Fsp3) is 0.427. The number of piperazine rings is 3. The number of fused-ring (bicyclic) bond motifs is 3. The van der Waals surface area contributed by atoms with E-state index >= 15 is 0 Å². The lowest BCUT2D eigenvalue weighted by molar-refractivity contribution is -0.120. The Morgan fingerprint density at radius 2 is 0.815 bits per heavy atom. The number of ether oxygens (including phenoxy) is 9. The Bertz CT molecular complexity index is 5530. The number of halogens is 3. The molecule has 12 aromatic rings. The molecule has 0 saturated carbocycles. The van der Waals surface area contributed by atoms with E-state index < -0.39 is 6.04 Å². The lowest BCUT2D eigenvalue weighted by atomic mass is 10.2. The van der Waals surface area contributed by atoms with Crippen molar-refractivity contribution in [1.29, 1.82) is 0 Å². The maximum atomic E-state index is 12.2. The zero-order valence-corrected chi connectivity index (χ0v) is 75.9. The van der Waals surface area contributed by atoms with Gasteiger partial charge in [0, 0.05) is 149 Å². The van der Waals surface area contributed by atoms with E-state index in [-0.39, 0.29) is 28.4 Å². The number of nitrogens with two attached hydrogens (primary N) is 2. The Labute approximate surface area is 745 Å². The predicted octanol–water partition coefficient (Wildman–Crippen LogP) is 10.7. The summed E-state index contributed by atoms with van der Waals surface area (Å²) in [6.07, 6.45) is 14.2. The van der Waals surface area contributed by atoms with Gasteiger partial charge < -0.3 is 114 Å². The zero-order chi connectivity index (χ0) is 87.7. The Morgan fingerprint density at radius 3 is 1.15 bits per heavy atom. The average Bonchev–Trinajstić information content (AvgIpc) is 1.63. The fourth-order valence-corrected chi connectivity index (χ4v) is 18.2. The van der Waals surface area contributed by atoms with Gasteiger partial charge in [0.25, 0.3) is 0 Å². The van der Waals surface area contributed by atoms with Crippen molar-refractivity contribution in [3.8, 4) is 68.8 Å². The first-order valence-electron chi connectivity index (χ1n) is 40.0. The van der Waals surface area contributed by atoms with Gasteiger partial charge in [0.1, 0.15) is 74.4 Å². The molecule has 0 bridgehead atoms. The number of aromatic nitrogens is 12. The first-order chi connectivity index (χ1) is 60.1. The van der Waals surface area contributed by atoms with Crippen molar-refractivity contribution >= 4 is 152 Å². The number of benzene rings is 3. The Morgan fingerprint density at radius 1 is 0.444 bits per heavy atom. The van der Waals surface area contributed by atoms with Gasteiger partial charge >= 0.3 is 0 Å². The normalized spacial score (nSPS) is 16.4. The van der Waals surface area contributed by atoms with E-state index in [1.807, 2.05) is 79.7 Å². The van der Waals surface area contributed by atoms with Crippen LogP contribution in [0.15, 0.2) is 92.2 Å². The molecule has 14 heterocycles. The van der Waals surface area contributed by atoms with Gasteiger partial charge in [-0.2, -0.15) is 15.0 Å². The average molecular weight is 1820 g/mol. The van der Waals surface area contributed by atoms with Gasteiger partial charge in [-0.3, -0.25) is 19.4 Å². The summed E-state index contributed by atoms with van der Waals surface area (Å²) in [6.45, 7) is 16.5. The van der Waals surface area contributed by atoms with Gasteiger partial charge in [-0.05, 0) is 94.8 Å². The molecule has 662 valence electrons. The number of rotatable bonds is 26. The van der Waals surface area contributed by atoms with Crippen LogP contribution < -0.4 is 85.6 Å². The van der Waals surface area contributed by atoms with E-state index in [4.69, 9.17) is 98.9 Å². The Kier molecular flexibility index (Phi) is 31.4. The quantitative estimate of drug-likeness (QED) is 0.0196. The summed E-state index contributed by atoms with van der Waals surface area (Å²) < 4.78 is 54.7.